The number of rotatable bonds is 7. The van der Waals surface area contributed by atoms with Gasteiger partial charge in [-0.05, 0) is 30.3 Å². The van der Waals surface area contributed by atoms with Crippen molar-refractivity contribution >= 4 is 16.6 Å². The van der Waals surface area contributed by atoms with Gasteiger partial charge < -0.3 is 24.5 Å². The number of aliphatic hydroxyl groups is 1. The molecule has 6 heteroatoms. The number of aliphatic hydroxyl groups excluding tert-OH is 1. The smallest absolute Gasteiger partial charge is 0.142 e. The Labute approximate surface area is 165 Å². The lowest BCUT2D eigenvalue weighted by Crippen LogP contribution is -2.49. The molecule has 28 heavy (non-hydrogen) atoms. The van der Waals surface area contributed by atoms with E-state index in [4.69, 9.17) is 9.47 Å². The maximum absolute atomic E-state index is 10.4. The zero-order valence-electron chi connectivity index (χ0n) is 16.2. The number of nitrogens with one attached hydrogen (secondary N) is 1. The summed E-state index contributed by atoms with van der Waals surface area (Å²) in [5, 5.41) is 11.5. The van der Waals surface area contributed by atoms with Crippen molar-refractivity contribution in [3.8, 4) is 11.5 Å². The molecule has 1 atom stereocenters. The molecule has 2 N–H and O–H groups in total. The van der Waals surface area contributed by atoms with E-state index in [0.29, 0.717) is 6.54 Å². The Morgan fingerprint density at radius 3 is 2.61 bits per heavy atom. The molecule has 1 fully saturated rings. The van der Waals surface area contributed by atoms with E-state index in [1.807, 2.05) is 48.7 Å². The van der Waals surface area contributed by atoms with Gasteiger partial charge in [-0.2, -0.15) is 0 Å². The quantitative estimate of drug-likeness (QED) is 0.659. The number of para-hydroxylation sites is 2. The van der Waals surface area contributed by atoms with E-state index >= 15 is 0 Å². The normalized spacial score (nSPS) is 16.3. The number of nitrogens with zero attached hydrogens (tertiary/aromatic N) is 2. The van der Waals surface area contributed by atoms with Gasteiger partial charge in [0.15, 0.2) is 0 Å². The van der Waals surface area contributed by atoms with Gasteiger partial charge in [-0.1, -0.05) is 18.2 Å². The second-order valence-corrected chi connectivity index (χ2v) is 7.12. The van der Waals surface area contributed by atoms with Crippen molar-refractivity contribution in [2.24, 2.45) is 0 Å². The van der Waals surface area contributed by atoms with Crippen molar-refractivity contribution in [2.75, 3.05) is 51.3 Å². The molecule has 2 heterocycles. The Kier molecular flexibility index (Phi) is 5.69. The summed E-state index contributed by atoms with van der Waals surface area (Å²) < 4.78 is 11.4. The summed E-state index contributed by atoms with van der Waals surface area (Å²) in [6, 6.07) is 16.0. The molecule has 0 radical (unpaired) electrons. The first kappa shape index (κ1) is 18.7. The lowest BCUT2D eigenvalue weighted by molar-refractivity contribution is 0.0668. The number of methoxy groups -OCH3 is 1. The summed E-state index contributed by atoms with van der Waals surface area (Å²) in [6.07, 6.45) is 1.38. The van der Waals surface area contributed by atoms with Crippen molar-refractivity contribution in [2.45, 2.75) is 6.10 Å². The second kappa shape index (κ2) is 8.54. The minimum absolute atomic E-state index is 0.289. The van der Waals surface area contributed by atoms with Gasteiger partial charge in [0.05, 0.1) is 12.8 Å². The molecule has 3 aromatic rings. The average molecular weight is 381 g/mol. The van der Waals surface area contributed by atoms with Crippen LogP contribution in [-0.4, -0.2) is 67.5 Å². The van der Waals surface area contributed by atoms with Gasteiger partial charge in [0.2, 0.25) is 0 Å². The first-order chi connectivity index (χ1) is 13.7. The molecule has 1 aromatic heterocycles. The number of piperazine rings is 1. The molecule has 4 rings (SSSR count). The van der Waals surface area contributed by atoms with Crippen molar-refractivity contribution in [3.63, 3.8) is 0 Å². The molecule has 0 spiro atoms. The van der Waals surface area contributed by atoms with Gasteiger partial charge in [0.1, 0.15) is 24.2 Å². The van der Waals surface area contributed by atoms with E-state index in [2.05, 4.69) is 20.9 Å². The van der Waals surface area contributed by atoms with Crippen LogP contribution in [0, 0.1) is 0 Å². The van der Waals surface area contributed by atoms with Crippen LogP contribution in [-0.2, 0) is 0 Å². The molecule has 148 valence electrons. The summed E-state index contributed by atoms with van der Waals surface area (Å²) in [5.41, 5.74) is 2.17. The van der Waals surface area contributed by atoms with Crippen LogP contribution in [0.15, 0.2) is 54.7 Å². The van der Waals surface area contributed by atoms with Crippen molar-refractivity contribution in [3.05, 3.63) is 54.7 Å². The Hall–Kier alpha value is -2.70. The lowest BCUT2D eigenvalue weighted by atomic mass is 10.2. The van der Waals surface area contributed by atoms with Gasteiger partial charge in [0, 0.05) is 49.8 Å². The van der Waals surface area contributed by atoms with Crippen LogP contribution in [0.25, 0.3) is 10.9 Å². The minimum Gasteiger partial charge on any atom is -0.495 e. The van der Waals surface area contributed by atoms with E-state index in [0.717, 1.165) is 54.3 Å². The molecule has 0 bridgehead atoms. The third-order valence-corrected chi connectivity index (χ3v) is 5.25. The summed E-state index contributed by atoms with van der Waals surface area (Å²) in [5.74, 6) is 1.71. The fourth-order valence-corrected chi connectivity index (χ4v) is 3.78. The largest absolute Gasteiger partial charge is 0.495 e. The maximum atomic E-state index is 10.4. The average Bonchev–Trinajstić information content (AvgIpc) is 3.22. The Bertz CT molecular complexity index is 903. The predicted molar refractivity (Wildman–Crippen MR) is 111 cm³/mol. The van der Waals surface area contributed by atoms with Crippen molar-refractivity contribution in [1.82, 2.24) is 9.88 Å². The molecule has 6 nitrogen and oxygen atoms in total. The second-order valence-electron chi connectivity index (χ2n) is 7.12. The maximum Gasteiger partial charge on any atom is 0.142 e. The number of β-amino-alcohol motifs (C(OH)–C–C–N with tert-alkyl or cyclic N) is 1. The number of hydrogen-bond donors (Lipinski definition) is 2. The number of fused-ring (bicyclic) bond motifs is 1. The number of hydrogen-bond acceptors (Lipinski definition) is 5. The summed E-state index contributed by atoms with van der Waals surface area (Å²) >= 11 is 0. The first-order valence-electron chi connectivity index (χ1n) is 9.72. The van der Waals surface area contributed by atoms with E-state index in [1.165, 1.54) is 0 Å². The van der Waals surface area contributed by atoms with E-state index in [1.54, 1.807) is 7.11 Å². The monoisotopic (exact) mass is 381 g/mol. The molecule has 0 amide bonds. The lowest BCUT2D eigenvalue weighted by Gasteiger charge is -2.37. The minimum atomic E-state index is -0.521. The zero-order valence-corrected chi connectivity index (χ0v) is 16.2. The van der Waals surface area contributed by atoms with Gasteiger partial charge >= 0.3 is 0 Å². The number of anilines is 1. The standard InChI is InChI=1S/C22H27N3O3/c1-27-22-7-3-2-6-20(22)25-13-11-24(12-14-25)15-17(26)16-28-21-8-4-5-19-18(21)9-10-23-19/h2-10,17,23,26H,11-16H2,1H3/t17-/m1/s1. The fraction of sp³-hybridized carbons (Fsp3) is 0.364. The molecule has 0 saturated carbocycles. The van der Waals surface area contributed by atoms with Crippen LogP contribution < -0.4 is 14.4 Å². The van der Waals surface area contributed by atoms with Crippen LogP contribution in [0.1, 0.15) is 0 Å². The van der Waals surface area contributed by atoms with E-state index in [9.17, 15) is 5.11 Å². The third-order valence-electron chi connectivity index (χ3n) is 5.25. The molecule has 0 unspecified atom stereocenters. The highest BCUT2D eigenvalue weighted by Crippen LogP contribution is 2.28. The Morgan fingerprint density at radius 1 is 1.00 bits per heavy atom. The molecular formula is C22H27N3O3. The number of benzene rings is 2. The molecule has 2 aromatic carbocycles. The van der Waals surface area contributed by atoms with E-state index in [-0.39, 0.29) is 6.61 Å². The molecule has 1 aliphatic rings. The SMILES string of the molecule is COc1ccccc1N1CCN(C[C@@H](O)COc2cccc3[nH]ccc23)CC1. The summed E-state index contributed by atoms with van der Waals surface area (Å²) in [7, 11) is 1.71. The van der Waals surface area contributed by atoms with E-state index < -0.39 is 6.10 Å². The van der Waals surface area contributed by atoms with Crippen LogP contribution in [0.4, 0.5) is 5.69 Å². The zero-order chi connectivity index (χ0) is 19.3. The summed E-state index contributed by atoms with van der Waals surface area (Å²) in [4.78, 5) is 7.80. The summed E-state index contributed by atoms with van der Waals surface area (Å²) in [6.45, 7) is 4.54. The fourth-order valence-electron chi connectivity index (χ4n) is 3.78. The number of H-pyrrole nitrogens is 1. The van der Waals surface area contributed by atoms with Gasteiger partial charge in [-0.15, -0.1) is 0 Å². The van der Waals surface area contributed by atoms with Crippen LogP contribution in [0.5, 0.6) is 11.5 Å². The van der Waals surface area contributed by atoms with Crippen LogP contribution >= 0.6 is 0 Å². The Morgan fingerprint density at radius 2 is 1.79 bits per heavy atom. The third kappa shape index (κ3) is 4.08. The Balaban J connectivity index is 1.27. The highest BCUT2D eigenvalue weighted by molar-refractivity contribution is 5.85. The first-order valence-corrected chi connectivity index (χ1v) is 9.72. The number of aromatic amines is 1. The molecule has 0 aliphatic carbocycles. The molecular weight excluding hydrogens is 354 g/mol. The van der Waals surface area contributed by atoms with Crippen molar-refractivity contribution < 1.29 is 14.6 Å². The topological polar surface area (TPSA) is 61.0 Å². The van der Waals surface area contributed by atoms with Gasteiger partial charge in [0.25, 0.3) is 0 Å². The van der Waals surface area contributed by atoms with Crippen molar-refractivity contribution in [1.29, 1.82) is 0 Å². The number of ether oxygens (including phenoxy) is 2. The molecule has 1 saturated heterocycles. The van der Waals surface area contributed by atoms with Crippen LogP contribution in [0.3, 0.4) is 0 Å². The molecule has 1 aliphatic heterocycles. The highest BCUT2D eigenvalue weighted by Gasteiger charge is 2.21. The van der Waals surface area contributed by atoms with Gasteiger partial charge in [-0.3, -0.25) is 4.90 Å². The van der Waals surface area contributed by atoms with Crippen LogP contribution in [0.2, 0.25) is 0 Å². The predicted octanol–water partition coefficient (Wildman–Crippen LogP) is 2.74. The number of aromatic nitrogens is 1. The van der Waals surface area contributed by atoms with Gasteiger partial charge in [-0.25, -0.2) is 0 Å². The highest BCUT2D eigenvalue weighted by atomic mass is 16.5.